The number of aliphatic hydroxyl groups excluding tert-OH is 1. The molecule has 4 heteroatoms. The highest BCUT2D eigenvalue weighted by atomic mass is 16.5. The molecule has 2 N–H and O–H groups in total. The molecule has 1 rings (SSSR count). The van der Waals surface area contributed by atoms with Gasteiger partial charge in [0.1, 0.15) is 5.75 Å². The van der Waals surface area contributed by atoms with Crippen molar-refractivity contribution < 1.29 is 14.6 Å². The molecule has 21 heavy (non-hydrogen) atoms. The first-order chi connectivity index (χ1) is 10.1. The number of amides is 1. The maximum Gasteiger partial charge on any atom is 0.251 e. The van der Waals surface area contributed by atoms with Gasteiger partial charge in [0.15, 0.2) is 0 Å². The lowest BCUT2D eigenvalue weighted by molar-refractivity contribution is 0.0952. The fraction of sp³-hybridized carbons (Fsp3) is 0.588. The molecule has 0 radical (unpaired) electrons. The zero-order chi connectivity index (χ0) is 15.5. The van der Waals surface area contributed by atoms with Crippen molar-refractivity contribution in [3.63, 3.8) is 0 Å². The average Bonchev–Trinajstić information content (AvgIpc) is 2.49. The van der Waals surface area contributed by atoms with Gasteiger partial charge in [-0.3, -0.25) is 4.79 Å². The van der Waals surface area contributed by atoms with Crippen molar-refractivity contribution in [3.05, 3.63) is 29.8 Å². The number of aliphatic hydroxyl groups is 1. The highest BCUT2D eigenvalue weighted by Gasteiger charge is 2.05. The van der Waals surface area contributed by atoms with Crippen LogP contribution in [0.4, 0.5) is 0 Å². The predicted octanol–water partition coefficient (Wildman–Crippen LogP) is 3.00. The van der Waals surface area contributed by atoms with Crippen molar-refractivity contribution in [2.45, 2.75) is 39.5 Å². The van der Waals surface area contributed by atoms with Crippen molar-refractivity contribution in [3.8, 4) is 5.75 Å². The molecule has 0 atom stereocenters. The number of ether oxygens (including phenoxy) is 1. The smallest absolute Gasteiger partial charge is 0.251 e. The Labute approximate surface area is 127 Å². The Morgan fingerprint density at radius 1 is 1.14 bits per heavy atom. The highest BCUT2D eigenvalue weighted by molar-refractivity contribution is 5.94. The number of carbonyl (C=O) groups is 1. The van der Waals surface area contributed by atoms with Crippen LogP contribution in [0, 0.1) is 5.92 Å². The molecule has 0 unspecified atom stereocenters. The Morgan fingerprint density at radius 3 is 2.43 bits per heavy atom. The summed E-state index contributed by atoms with van der Waals surface area (Å²) in [6.45, 7) is 5.80. The van der Waals surface area contributed by atoms with Gasteiger partial charge in [-0.15, -0.1) is 0 Å². The molecule has 4 nitrogen and oxygen atoms in total. The van der Waals surface area contributed by atoms with E-state index in [4.69, 9.17) is 9.84 Å². The summed E-state index contributed by atoms with van der Waals surface area (Å²) in [4.78, 5) is 11.9. The van der Waals surface area contributed by atoms with Gasteiger partial charge in [0.05, 0.1) is 6.61 Å². The van der Waals surface area contributed by atoms with Gasteiger partial charge < -0.3 is 15.2 Å². The fourth-order valence-corrected chi connectivity index (χ4v) is 1.86. The molecule has 0 aliphatic carbocycles. The molecule has 0 saturated carbocycles. The second-order valence-corrected chi connectivity index (χ2v) is 5.62. The summed E-state index contributed by atoms with van der Waals surface area (Å²) >= 11 is 0. The lowest BCUT2D eigenvalue weighted by Crippen LogP contribution is -2.24. The van der Waals surface area contributed by atoms with E-state index in [1.54, 1.807) is 12.1 Å². The zero-order valence-corrected chi connectivity index (χ0v) is 13.1. The third-order valence-corrected chi connectivity index (χ3v) is 3.07. The van der Waals surface area contributed by atoms with Gasteiger partial charge in [-0.05, 0) is 43.0 Å². The Hall–Kier alpha value is -1.55. The number of rotatable bonds is 10. The van der Waals surface area contributed by atoms with Crippen LogP contribution in [0.2, 0.25) is 0 Å². The largest absolute Gasteiger partial charge is 0.493 e. The molecule has 1 aromatic rings. The first-order valence-electron chi connectivity index (χ1n) is 7.75. The van der Waals surface area contributed by atoms with E-state index in [9.17, 15) is 4.79 Å². The van der Waals surface area contributed by atoms with Crippen LogP contribution in [0.3, 0.4) is 0 Å². The zero-order valence-electron chi connectivity index (χ0n) is 13.1. The van der Waals surface area contributed by atoms with Crippen molar-refractivity contribution in [2.24, 2.45) is 5.92 Å². The van der Waals surface area contributed by atoms with Crippen LogP contribution >= 0.6 is 0 Å². The molecule has 118 valence electrons. The third-order valence-electron chi connectivity index (χ3n) is 3.07. The minimum absolute atomic E-state index is 0.0485. The van der Waals surface area contributed by atoms with Gasteiger partial charge >= 0.3 is 0 Å². The third kappa shape index (κ3) is 7.71. The van der Waals surface area contributed by atoms with Crippen LogP contribution in [0.15, 0.2) is 24.3 Å². The van der Waals surface area contributed by atoms with Crippen molar-refractivity contribution in [2.75, 3.05) is 19.8 Å². The number of unbranched alkanes of at least 4 members (excludes halogenated alkanes) is 3. The summed E-state index contributed by atoms with van der Waals surface area (Å²) in [6.07, 6.45) is 3.82. The summed E-state index contributed by atoms with van der Waals surface area (Å²) in [5.74, 6) is 1.23. The molecule has 0 saturated heterocycles. The molecule has 0 aliphatic rings. The van der Waals surface area contributed by atoms with E-state index in [1.165, 1.54) is 0 Å². The molecule has 0 aliphatic heterocycles. The predicted molar refractivity (Wildman–Crippen MR) is 84.7 cm³/mol. The topological polar surface area (TPSA) is 58.6 Å². The lowest BCUT2D eigenvalue weighted by atomic mass is 10.2. The van der Waals surface area contributed by atoms with Gasteiger partial charge in [0, 0.05) is 18.7 Å². The normalized spacial score (nSPS) is 10.7. The van der Waals surface area contributed by atoms with Gasteiger partial charge in [-0.2, -0.15) is 0 Å². The summed E-state index contributed by atoms with van der Waals surface area (Å²) in [5, 5.41) is 11.6. The van der Waals surface area contributed by atoms with Gasteiger partial charge in [-0.25, -0.2) is 0 Å². The van der Waals surface area contributed by atoms with E-state index in [0.717, 1.165) is 31.4 Å². The van der Waals surface area contributed by atoms with Crippen LogP contribution in [-0.2, 0) is 0 Å². The number of hydrogen-bond acceptors (Lipinski definition) is 3. The van der Waals surface area contributed by atoms with Gasteiger partial charge in [-0.1, -0.05) is 26.7 Å². The Bertz CT molecular complexity index is 401. The molecule has 0 spiro atoms. The molecular weight excluding hydrogens is 266 g/mol. The van der Waals surface area contributed by atoms with Crippen molar-refractivity contribution in [1.29, 1.82) is 0 Å². The van der Waals surface area contributed by atoms with E-state index >= 15 is 0 Å². The summed E-state index contributed by atoms with van der Waals surface area (Å²) in [7, 11) is 0. The molecular formula is C17H27NO3. The standard InChI is InChI=1S/C17H27NO3/c1-14(2)13-21-16-9-7-15(8-10-16)17(20)18-11-5-3-4-6-12-19/h7-10,14,19H,3-6,11-13H2,1-2H3,(H,18,20). The first kappa shape index (κ1) is 17.5. The number of benzene rings is 1. The van der Waals surface area contributed by atoms with Crippen LogP contribution in [0.25, 0.3) is 0 Å². The van der Waals surface area contributed by atoms with E-state index in [2.05, 4.69) is 19.2 Å². The molecule has 0 aromatic heterocycles. The van der Waals surface area contributed by atoms with E-state index < -0.39 is 0 Å². The van der Waals surface area contributed by atoms with Crippen LogP contribution in [0.1, 0.15) is 49.9 Å². The Morgan fingerprint density at radius 2 is 1.81 bits per heavy atom. The fourth-order valence-electron chi connectivity index (χ4n) is 1.86. The maximum absolute atomic E-state index is 11.9. The number of nitrogens with one attached hydrogen (secondary N) is 1. The van der Waals surface area contributed by atoms with Crippen LogP contribution < -0.4 is 10.1 Å². The van der Waals surface area contributed by atoms with E-state index in [0.29, 0.717) is 24.6 Å². The highest BCUT2D eigenvalue weighted by Crippen LogP contribution is 2.13. The van der Waals surface area contributed by atoms with E-state index in [1.807, 2.05) is 12.1 Å². The summed E-state index contributed by atoms with van der Waals surface area (Å²) in [5.41, 5.74) is 0.655. The molecule has 1 amide bonds. The van der Waals surface area contributed by atoms with Crippen molar-refractivity contribution >= 4 is 5.91 Å². The second kappa shape index (κ2) is 10.2. The van der Waals surface area contributed by atoms with Gasteiger partial charge in [0.25, 0.3) is 5.91 Å². The molecule has 0 heterocycles. The Kier molecular flexibility index (Phi) is 8.51. The monoisotopic (exact) mass is 293 g/mol. The second-order valence-electron chi connectivity index (χ2n) is 5.62. The first-order valence-corrected chi connectivity index (χ1v) is 7.75. The maximum atomic E-state index is 11.9. The SMILES string of the molecule is CC(C)COc1ccc(C(=O)NCCCCCCO)cc1. The van der Waals surface area contributed by atoms with E-state index in [-0.39, 0.29) is 12.5 Å². The number of carbonyl (C=O) groups excluding carboxylic acids is 1. The van der Waals surface area contributed by atoms with Crippen LogP contribution in [0.5, 0.6) is 5.75 Å². The summed E-state index contributed by atoms with van der Waals surface area (Å²) in [6, 6.07) is 7.24. The Balaban J connectivity index is 2.27. The summed E-state index contributed by atoms with van der Waals surface area (Å²) < 4.78 is 5.59. The lowest BCUT2D eigenvalue weighted by Gasteiger charge is -2.09. The molecule has 0 bridgehead atoms. The number of hydrogen-bond donors (Lipinski definition) is 2. The quantitative estimate of drug-likeness (QED) is 0.652. The van der Waals surface area contributed by atoms with Crippen molar-refractivity contribution in [1.82, 2.24) is 5.32 Å². The average molecular weight is 293 g/mol. The minimum Gasteiger partial charge on any atom is -0.493 e. The molecule has 1 aromatic carbocycles. The van der Waals surface area contributed by atoms with Crippen LogP contribution in [-0.4, -0.2) is 30.8 Å². The van der Waals surface area contributed by atoms with Gasteiger partial charge in [0.2, 0.25) is 0 Å². The molecule has 0 fully saturated rings. The minimum atomic E-state index is -0.0485.